The molecule has 1 heterocycles. The normalized spacial score (nSPS) is 19.0. The Morgan fingerprint density at radius 1 is 1.33 bits per heavy atom. The van der Waals surface area contributed by atoms with Gasteiger partial charge in [0.1, 0.15) is 11.9 Å². The molecule has 102 valence electrons. The number of hydrogen-bond donors (Lipinski definition) is 2. The Labute approximate surface area is 109 Å². The number of hydrogen-bond acceptors (Lipinski definition) is 3. The minimum atomic E-state index is 0.0153. The van der Waals surface area contributed by atoms with Gasteiger partial charge in [-0.3, -0.25) is 0 Å². The Bertz CT molecular complexity index is 370. The average Bonchev–Trinajstić information content (AvgIpc) is 2.78. The van der Waals surface area contributed by atoms with Gasteiger partial charge in [-0.15, -0.1) is 0 Å². The number of ether oxygens (including phenoxy) is 1. The molecule has 0 radical (unpaired) electrons. The van der Waals surface area contributed by atoms with Crippen LogP contribution in [0.4, 0.5) is 0 Å². The zero-order chi connectivity index (χ0) is 13.0. The Hall–Kier alpha value is -1.03. The van der Waals surface area contributed by atoms with E-state index in [0.29, 0.717) is 12.5 Å². The first-order chi connectivity index (χ1) is 8.76. The first-order valence-corrected chi connectivity index (χ1v) is 7.15. The van der Waals surface area contributed by atoms with Gasteiger partial charge in [0.25, 0.3) is 0 Å². The molecular formula is C14H24N2O2. The fraction of sp³-hybridized carbons (Fsp3) is 0.786. The highest BCUT2D eigenvalue weighted by Gasteiger charge is 2.28. The standard InChI is InChI=1S/C14H24N2O2/c1-3-11-14(17)16-13(15-11)12(18-4-2)10-8-6-5-7-9-10/h10,12,17H,3-9H2,1-2H3,(H,15,16). The number of nitrogens with zero attached hydrogens (tertiary/aromatic N) is 1. The van der Waals surface area contributed by atoms with Crippen molar-refractivity contribution >= 4 is 0 Å². The van der Waals surface area contributed by atoms with Crippen LogP contribution < -0.4 is 0 Å². The molecule has 0 bridgehead atoms. The molecule has 1 aromatic rings. The van der Waals surface area contributed by atoms with Crippen molar-refractivity contribution in [3.8, 4) is 5.88 Å². The van der Waals surface area contributed by atoms with Crippen molar-refractivity contribution in [2.45, 2.75) is 58.5 Å². The Morgan fingerprint density at radius 2 is 2.06 bits per heavy atom. The molecule has 0 aromatic carbocycles. The minimum Gasteiger partial charge on any atom is -0.492 e. The molecule has 4 heteroatoms. The van der Waals surface area contributed by atoms with Gasteiger partial charge in [-0.25, -0.2) is 0 Å². The molecule has 1 saturated carbocycles. The van der Waals surface area contributed by atoms with Crippen LogP contribution in [0.3, 0.4) is 0 Å². The van der Waals surface area contributed by atoms with Crippen LogP contribution in [0.25, 0.3) is 0 Å². The highest BCUT2D eigenvalue weighted by Crippen LogP contribution is 2.36. The quantitative estimate of drug-likeness (QED) is 0.845. The maximum atomic E-state index is 9.75. The number of aromatic hydroxyl groups is 1. The summed E-state index contributed by atoms with van der Waals surface area (Å²) in [4.78, 5) is 7.48. The summed E-state index contributed by atoms with van der Waals surface area (Å²) < 4.78 is 5.88. The maximum absolute atomic E-state index is 9.75. The van der Waals surface area contributed by atoms with E-state index in [4.69, 9.17) is 4.74 Å². The number of aromatic nitrogens is 2. The van der Waals surface area contributed by atoms with E-state index >= 15 is 0 Å². The van der Waals surface area contributed by atoms with E-state index in [-0.39, 0.29) is 12.0 Å². The lowest BCUT2D eigenvalue weighted by molar-refractivity contribution is 0.000150. The van der Waals surface area contributed by atoms with Crippen molar-refractivity contribution in [2.75, 3.05) is 6.61 Å². The second kappa shape index (κ2) is 6.23. The van der Waals surface area contributed by atoms with E-state index in [1.165, 1.54) is 32.1 Å². The van der Waals surface area contributed by atoms with Gasteiger partial charge < -0.3 is 14.8 Å². The third kappa shape index (κ3) is 2.86. The van der Waals surface area contributed by atoms with E-state index in [2.05, 4.69) is 9.97 Å². The number of H-pyrrole nitrogens is 1. The Balaban J connectivity index is 2.16. The molecule has 1 aromatic heterocycles. The topological polar surface area (TPSA) is 58.1 Å². The summed E-state index contributed by atoms with van der Waals surface area (Å²) in [6.45, 7) is 4.71. The molecule has 1 aliphatic rings. The molecule has 0 saturated heterocycles. The van der Waals surface area contributed by atoms with Gasteiger partial charge >= 0.3 is 0 Å². The second-order valence-corrected chi connectivity index (χ2v) is 5.05. The summed E-state index contributed by atoms with van der Waals surface area (Å²) >= 11 is 0. The van der Waals surface area contributed by atoms with E-state index < -0.39 is 0 Å². The van der Waals surface area contributed by atoms with Gasteiger partial charge in [0.05, 0.1) is 5.69 Å². The van der Waals surface area contributed by atoms with Crippen molar-refractivity contribution in [3.63, 3.8) is 0 Å². The molecule has 1 unspecified atom stereocenters. The molecule has 0 aliphatic heterocycles. The zero-order valence-electron chi connectivity index (χ0n) is 11.4. The highest BCUT2D eigenvalue weighted by atomic mass is 16.5. The third-order valence-corrected chi connectivity index (χ3v) is 3.82. The molecule has 4 nitrogen and oxygen atoms in total. The lowest BCUT2D eigenvalue weighted by Crippen LogP contribution is -2.20. The summed E-state index contributed by atoms with van der Waals surface area (Å²) in [6, 6.07) is 0. The van der Waals surface area contributed by atoms with E-state index in [1.54, 1.807) is 0 Å². The molecule has 1 aliphatic carbocycles. The van der Waals surface area contributed by atoms with Crippen LogP contribution in [0.1, 0.15) is 63.6 Å². The largest absolute Gasteiger partial charge is 0.492 e. The van der Waals surface area contributed by atoms with E-state index in [9.17, 15) is 5.11 Å². The molecular weight excluding hydrogens is 228 g/mol. The van der Waals surface area contributed by atoms with Crippen LogP contribution in [0, 0.1) is 5.92 Å². The number of nitrogens with one attached hydrogen (secondary N) is 1. The zero-order valence-corrected chi connectivity index (χ0v) is 11.4. The number of aryl methyl sites for hydroxylation is 1. The summed E-state index contributed by atoms with van der Waals surface area (Å²) in [6.07, 6.45) is 7.08. The summed E-state index contributed by atoms with van der Waals surface area (Å²) in [5, 5.41) is 9.75. The van der Waals surface area contributed by atoms with Crippen molar-refractivity contribution in [1.82, 2.24) is 9.97 Å². The molecule has 1 atom stereocenters. The highest BCUT2D eigenvalue weighted by molar-refractivity contribution is 5.20. The number of aromatic amines is 1. The third-order valence-electron chi connectivity index (χ3n) is 3.82. The first kappa shape index (κ1) is 13.4. The fourth-order valence-electron chi connectivity index (χ4n) is 2.86. The van der Waals surface area contributed by atoms with Crippen LogP contribution in [-0.2, 0) is 11.2 Å². The predicted octanol–water partition coefficient (Wildman–Crippen LogP) is 3.34. The number of imidazole rings is 1. The molecule has 1 fully saturated rings. The van der Waals surface area contributed by atoms with E-state index in [1.807, 2.05) is 13.8 Å². The first-order valence-electron chi connectivity index (χ1n) is 7.15. The van der Waals surface area contributed by atoms with Crippen LogP contribution in [0.5, 0.6) is 5.88 Å². The molecule has 2 N–H and O–H groups in total. The second-order valence-electron chi connectivity index (χ2n) is 5.05. The SMILES string of the molecule is CCOC(c1nc(O)c(CC)[nH]1)C1CCCCC1. The van der Waals surface area contributed by atoms with Gasteiger partial charge in [0, 0.05) is 6.61 Å². The molecule has 0 spiro atoms. The van der Waals surface area contributed by atoms with Crippen LogP contribution in [-0.4, -0.2) is 21.7 Å². The van der Waals surface area contributed by atoms with Crippen LogP contribution >= 0.6 is 0 Å². The summed E-state index contributed by atoms with van der Waals surface area (Å²) in [5.74, 6) is 1.47. The molecule has 18 heavy (non-hydrogen) atoms. The van der Waals surface area contributed by atoms with Crippen LogP contribution in [0.15, 0.2) is 0 Å². The number of rotatable bonds is 5. The van der Waals surface area contributed by atoms with Gasteiger partial charge in [-0.2, -0.15) is 4.98 Å². The van der Waals surface area contributed by atoms with Gasteiger partial charge in [-0.1, -0.05) is 26.2 Å². The molecule has 0 amide bonds. The lowest BCUT2D eigenvalue weighted by Gasteiger charge is -2.28. The van der Waals surface area contributed by atoms with Crippen LogP contribution in [0.2, 0.25) is 0 Å². The van der Waals surface area contributed by atoms with Gasteiger partial charge in [0.2, 0.25) is 5.88 Å². The monoisotopic (exact) mass is 252 g/mol. The Kier molecular flexibility index (Phi) is 4.64. The fourth-order valence-corrected chi connectivity index (χ4v) is 2.86. The summed E-state index contributed by atoms with van der Waals surface area (Å²) in [7, 11) is 0. The minimum absolute atomic E-state index is 0.0153. The van der Waals surface area contributed by atoms with Crippen molar-refractivity contribution in [3.05, 3.63) is 11.5 Å². The Morgan fingerprint density at radius 3 is 2.61 bits per heavy atom. The van der Waals surface area contributed by atoms with E-state index in [0.717, 1.165) is 17.9 Å². The maximum Gasteiger partial charge on any atom is 0.232 e. The lowest BCUT2D eigenvalue weighted by atomic mass is 9.85. The van der Waals surface area contributed by atoms with Crippen molar-refractivity contribution < 1.29 is 9.84 Å². The van der Waals surface area contributed by atoms with Crippen molar-refractivity contribution in [1.29, 1.82) is 0 Å². The van der Waals surface area contributed by atoms with Gasteiger partial charge in [-0.05, 0) is 32.1 Å². The smallest absolute Gasteiger partial charge is 0.232 e. The van der Waals surface area contributed by atoms with Crippen molar-refractivity contribution in [2.24, 2.45) is 5.92 Å². The van der Waals surface area contributed by atoms with Gasteiger partial charge in [0.15, 0.2) is 0 Å². The molecule has 2 rings (SSSR count). The average molecular weight is 252 g/mol. The predicted molar refractivity (Wildman–Crippen MR) is 70.6 cm³/mol. The summed E-state index contributed by atoms with van der Waals surface area (Å²) in [5.41, 5.74) is 0.811.